The maximum atomic E-state index is 12.5. The molecule has 2 aromatic rings. The average molecular weight is 526 g/mol. The number of piperidine rings is 1. The third-order valence-corrected chi connectivity index (χ3v) is 7.60. The van der Waals surface area contributed by atoms with Crippen molar-refractivity contribution >= 4 is 17.6 Å². The maximum absolute atomic E-state index is 12.5. The smallest absolute Gasteiger partial charge is 0.410 e. The summed E-state index contributed by atoms with van der Waals surface area (Å²) in [5, 5.41) is 3.62. The number of pyridine rings is 1. The van der Waals surface area contributed by atoms with E-state index in [1.54, 1.807) is 0 Å². The van der Waals surface area contributed by atoms with Crippen LogP contribution < -0.4 is 10.1 Å². The first-order valence-electron chi connectivity index (χ1n) is 14.3. The molecule has 4 heterocycles. The minimum atomic E-state index is -0.473. The Kier molecular flexibility index (Phi) is 8.86. The van der Waals surface area contributed by atoms with E-state index in [1.807, 2.05) is 45.7 Å². The lowest BCUT2D eigenvalue weighted by molar-refractivity contribution is 0.0204. The van der Waals surface area contributed by atoms with E-state index >= 15 is 0 Å². The van der Waals surface area contributed by atoms with Gasteiger partial charge in [-0.1, -0.05) is 13.8 Å². The second-order valence-electron chi connectivity index (χ2n) is 11.4. The van der Waals surface area contributed by atoms with Crippen LogP contribution in [-0.2, 0) is 9.47 Å². The number of hydrogen-bond donors (Lipinski definition) is 1. The summed E-state index contributed by atoms with van der Waals surface area (Å²) in [5.74, 6) is 2.61. The van der Waals surface area contributed by atoms with Crippen molar-refractivity contribution in [3.63, 3.8) is 0 Å². The van der Waals surface area contributed by atoms with Crippen LogP contribution >= 0.6 is 0 Å². The molecule has 7 nitrogen and oxygen atoms in total. The van der Waals surface area contributed by atoms with Gasteiger partial charge in [0, 0.05) is 39.5 Å². The molecule has 1 amide bonds. The van der Waals surface area contributed by atoms with Crippen LogP contribution in [0, 0.1) is 6.92 Å². The highest BCUT2D eigenvalue weighted by Crippen LogP contribution is 2.45. The molecule has 2 saturated heterocycles. The topological polar surface area (TPSA) is 72.9 Å². The van der Waals surface area contributed by atoms with E-state index in [1.165, 1.54) is 16.7 Å². The standard InChI is InChI=1S/C29H39N3O4.C2H6.H2/c1-18-16-25-24(17-23(18)20-7-12-32(13-8-20)28(33)36-29(3,4)5)31-27-26(19(2)35-25)22(6-11-30-27)21-9-14-34-15-10-21;1-2;/h6,11,16-17,19-21H,7-10,12-15H2,1-5H3,(H,30,31);1-2H3;1H. The zero-order valence-electron chi connectivity index (χ0n) is 24.2. The molecule has 0 radical (unpaired) electrons. The number of hydrogen-bond acceptors (Lipinski definition) is 6. The third-order valence-electron chi connectivity index (χ3n) is 7.60. The fourth-order valence-corrected chi connectivity index (χ4v) is 5.79. The summed E-state index contributed by atoms with van der Waals surface area (Å²) < 4.78 is 17.7. The van der Waals surface area contributed by atoms with Crippen molar-refractivity contribution in [3.8, 4) is 5.75 Å². The number of aryl methyl sites for hydroxylation is 1. The molecule has 7 heteroatoms. The predicted octanol–water partition coefficient (Wildman–Crippen LogP) is 7.87. The SMILES string of the molecule is CC.Cc1cc2c(cc1C1CCN(C(=O)OC(C)(C)C)CC1)Nc1nccc(C3CCOCC3)c1C(C)O2.[HH]. The second-order valence-corrected chi connectivity index (χ2v) is 11.4. The Morgan fingerprint density at radius 2 is 1.74 bits per heavy atom. The zero-order valence-corrected chi connectivity index (χ0v) is 24.2. The highest BCUT2D eigenvalue weighted by Gasteiger charge is 2.31. The Hall–Kier alpha value is -2.80. The summed E-state index contributed by atoms with van der Waals surface area (Å²) >= 11 is 0. The fourth-order valence-electron chi connectivity index (χ4n) is 5.79. The number of ether oxygens (including phenoxy) is 3. The van der Waals surface area contributed by atoms with E-state index in [0.717, 1.165) is 61.7 Å². The van der Waals surface area contributed by atoms with Crippen molar-refractivity contribution in [2.45, 2.75) is 97.7 Å². The summed E-state index contributed by atoms with van der Waals surface area (Å²) in [4.78, 5) is 19.1. The molecular weight excluding hydrogens is 478 g/mol. The molecular formula is C31H47N3O4. The minimum Gasteiger partial charge on any atom is -0.484 e. The number of nitrogens with zero attached hydrogens (tertiary/aromatic N) is 2. The average Bonchev–Trinajstić information content (AvgIpc) is 3.04. The van der Waals surface area contributed by atoms with Crippen LogP contribution in [0.15, 0.2) is 24.4 Å². The van der Waals surface area contributed by atoms with Gasteiger partial charge >= 0.3 is 6.09 Å². The Bertz CT molecular complexity index is 1120. The van der Waals surface area contributed by atoms with Crippen molar-refractivity contribution in [2.75, 3.05) is 31.6 Å². The molecule has 3 aliphatic rings. The highest BCUT2D eigenvalue weighted by atomic mass is 16.6. The Morgan fingerprint density at radius 1 is 1.08 bits per heavy atom. The Labute approximate surface area is 229 Å². The Balaban J connectivity index is 0.00000137. The van der Waals surface area contributed by atoms with Gasteiger partial charge in [0.15, 0.2) is 0 Å². The summed E-state index contributed by atoms with van der Waals surface area (Å²) in [6.45, 7) is 17.0. The van der Waals surface area contributed by atoms with E-state index in [4.69, 9.17) is 19.2 Å². The van der Waals surface area contributed by atoms with Gasteiger partial charge in [0.2, 0.25) is 0 Å². The molecule has 2 fully saturated rings. The maximum Gasteiger partial charge on any atom is 0.410 e. The van der Waals surface area contributed by atoms with E-state index in [-0.39, 0.29) is 13.6 Å². The quantitative estimate of drug-likeness (QED) is 0.430. The number of likely N-dealkylation sites (tertiary alicyclic amines) is 1. The molecule has 1 aromatic heterocycles. The molecule has 1 aromatic carbocycles. The predicted molar refractivity (Wildman–Crippen MR) is 154 cm³/mol. The number of fused-ring (bicyclic) bond motifs is 2. The number of carbonyl (C=O) groups is 1. The van der Waals surface area contributed by atoms with Gasteiger partial charge < -0.3 is 24.4 Å². The van der Waals surface area contributed by atoms with Crippen LogP contribution in [0.1, 0.15) is 109 Å². The number of anilines is 2. The Morgan fingerprint density at radius 3 is 2.39 bits per heavy atom. The summed E-state index contributed by atoms with van der Waals surface area (Å²) in [5.41, 5.74) is 5.51. The lowest BCUT2D eigenvalue weighted by Crippen LogP contribution is -2.41. The van der Waals surface area contributed by atoms with Gasteiger partial charge in [0.05, 0.1) is 5.69 Å². The van der Waals surface area contributed by atoms with Gasteiger partial charge in [0.25, 0.3) is 0 Å². The van der Waals surface area contributed by atoms with Crippen molar-refractivity contribution in [3.05, 3.63) is 46.6 Å². The van der Waals surface area contributed by atoms with Crippen LogP contribution in [0.25, 0.3) is 0 Å². The van der Waals surface area contributed by atoms with Gasteiger partial charge in [-0.2, -0.15) is 0 Å². The summed E-state index contributed by atoms with van der Waals surface area (Å²) in [7, 11) is 0. The zero-order chi connectivity index (χ0) is 27.4. The number of rotatable bonds is 2. The fraction of sp³-hybridized carbons (Fsp3) is 0.613. The molecule has 1 atom stereocenters. The van der Waals surface area contributed by atoms with Crippen LogP contribution in [0.3, 0.4) is 0 Å². The third kappa shape index (κ3) is 6.25. The number of amides is 1. The molecule has 5 rings (SSSR count). The van der Waals surface area contributed by atoms with Crippen molar-refractivity contribution in [1.29, 1.82) is 0 Å². The molecule has 0 aliphatic carbocycles. The first-order chi connectivity index (χ1) is 18.2. The normalized spacial score (nSPS) is 20.1. The molecule has 38 heavy (non-hydrogen) atoms. The van der Waals surface area contributed by atoms with E-state index in [0.29, 0.717) is 24.9 Å². The van der Waals surface area contributed by atoms with E-state index < -0.39 is 5.60 Å². The van der Waals surface area contributed by atoms with Gasteiger partial charge in [-0.15, -0.1) is 0 Å². The largest absolute Gasteiger partial charge is 0.484 e. The molecule has 1 unspecified atom stereocenters. The molecule has 0 bridgehead atoms. The summed E-state index contributed by atoms with van der Waals surface area (Å²) in [6.07, 6.45) is 5.49. The number of carbonyl (C=O) groups excluding carboxylic acids is 1. The molecule has 1 N–H and O–H groups in total. The number of aromatic nitrogens is 1. The van der Waals surface area contributed by atoms with Gasteiger partial charge in [-0.25, -0.2) is 9.78 Å². The van der Waals surface area contributed by atoms with Crippen LogP contribution in [-0.4, -0.2) is 47.9 Å². The molecule has 0 spiro atoms. The van der Waals surface area contributed by atoms with Crippen molar-refractivity contribution in [2.24, 2.45) is 0 Å². The van der Waals surface area contributed by atoms with Gasteiger partial charge in [-0.05, 0) is 107 Å². The molecule has 210 valence electrons. The lowest BCUT2D eigenvalue weighted by Gasteiger charge is -2.34. The monoisotopic (exact) mass is 525 g/mol. The van der Waals surface area contributed by atoms with Crippen molar-refractivity contribution in [1.82, 2.24) is 9.88 Å². The lowest BCUT2D eigenvalue weighted by atomic mass is 9.86. The van der Waals surface area contributed by atoms with Gasteiger partial charge in [0.1, 0.15) is 23.3 Å². The van der Waals surface area contributed by atoms with Crippen LogP contribution in [0.5, 0.6) is 5.75 Å². The minimum absolute atomic E-state index is 0. The van der Waals surface area contributed by atoms with Crippen molar-refractivity contribution < 1.29 is 20.4 Å². The molecule has 3 aliphatic heterocycles. The summed E-state index contributed by atoms with van der Waals surface area (Å²) in [6, 6.07) is 6.55. The molecule has 0 saturated carbocycles. The number of benzene rings is 1. The van der Waals surface area contributed by atoms with E-state index in [9.17, 15) is 4.79 Å². The second kappa shape index (κ2) is 11.9. The van der Waals surface area contributed by atoms with Crippen LogP contribution in [0.2, 0.25) is 0 Å². The first-order valence-corrected chi connectivity index (χ1v) is 14.3. The van der Waals surface area contributed by atoms with Crippen LogP contribution in [0.4, 0.5) is 16.3 Å². The first kappa shape index (κ1) is 28.2. The number of nitrogens with one attached hydrogen (secondary N) is 1. The highest BCUT2D eigenvalue weighted by molar-refractivity contribution is 5.71. The van der Waals surface area contributed by atoms with E-state index in [2.05, 4.69) is 37.4 Å². The van der Waals surface area contributed by atoms with Gasteiger partial charge in [-0.3, -0.25) is 0 Å².